The first kappa shape index (κ1) is 22.1. The lowest BCUT2D eigenvalue weighted by atomic mass is 10.2. The van der Waals surface area contributed by atoms with Crippen molar-refractivity contribution in [3.63, 3.8) is 0 Å². The van der Waals surface area contributed by atoms with Crippen LogP contribution in [0.5, 0.6) is 5.75 Å². The summed E-state index contributed by atoms with van der Waals surface area (Å²) in [5.74, 6) is 0.311. The molecule has 0 radical (unpaired) electrons. The van der Waals surface area contributed by atoms with Crippen LogP contribution in [0, 0.1) is 6.92 Å². The lowest BCUT2D eigenvalue weighted by Crippen LogP contribution is -2.46. The SMILES string of the molecule is CCN1CCN(c2ccc(NC(=O)COc3ccc(C)cc3-n3cnnc3)cc2Cl)CC1. The van der Waals surface area contributed by atoms with Crippen LogP contribution in [0.25, 0.3) is 5.69 Å². The molecule has 0 unspecified atom stereocenters. The second kappa shape index (κ2) is 10.0. The molecule has 8 nitrogen and oxygen atoms in total. The number of nitrogens with one attached hydrogen (secondary N) is 1. The van der Waals surface area contributed by atoms with Gasteiger partial charge in [-0.15, -0.1) is 10.2 Å². The number of hydrogen-bond acceptors (Lipinski definition) is 6. The van der Waals surface area contributed by atoms with Crippen LogP contribution >= 0.6 is 11.6 Å². The summed E-state index contributed by atoms with van der Waals surface area (Å²) >= 11 is 6.53. The van der Waals surface area contributed by atoms with Crippen molar-refractivity contribution < 1.29 is 9.53 Å². The number of carbonyl (C=O) groups is 1. The van der Waals surface area contributed by atoms with Gasteiger partial charge in [0, 0.05) is 31.9 Å². The zero-order valence-electron chi connectivity index (χ0n) is 18.3. The van der Waals surface area contributed by atoms with Gasteiger partial charge in [0.25, 0.3) is 5.91 Å². The molecular formula is C23H27ClN6O2. The Morgan fingerprint density at radius 2 is 1.81 bits per heavy atom. The summed E-state index contributed by atoms with van der Waals surface area (Å²) < 4.78 is 7.53. The summed E-state index contributed by atoms with van der Waals surface area (Å²) in [7, 11) is 0. The van der Waals surface area contributed by atoms with Gasteiger partial charge in [-0.05, 0) is 49.4 Å². The fourth-order valence-corrected chi connectivity index (χ4v) is 4.06. The number of likely N-dealkylation sites (N-methyl/N-ethyl adjacent to an activating group) is 1. The van der Waals surface area contributed by atoms with Crippen molar-refractivity contribution in [3.05, 3.63) is 59.6 Å². The van der Waals surface area contributed by atoms with Gasteiger partial charge in [-0.1, -0.05) is 24.6 Å². The summed E-state index contributed by atoms with van der Waals surface area (Å²) in [6.45, 7) is 9.04. The predicted molar refractivity (Wildman–Crippen MR) is 126 cm³/mol. The fraction of sp³-hybridized carbons (Fsp3) is 0.348. The Hall–Kier alpha value is -3.10. The Morgan fingerprint density at radius 1 is 1.06 bits per heavy atom. The van der Waals surface area contributed by atoms with E-state index < -0.39 is 0 Å². The standard InChI is InChI=1S/C23H27ClN6O2/c1-3-28-8-10-29(11-9-28)20-6-5-18(13-19(20)24)27-23(31)14-32-22-7-4-17(2)12-21(22)30-15-25-26-16-30/h4-7,12-13,15-16H,3,8-11,14H2,1-2H3,(H,27,31). The van der Waals surface area contributed by atoms with Crippen LogP contribution in [0.15, 0.2) is 49.1 Å². The molecule has 0 spiro atoms. The molecule has 168 valence electrons. The molecule has 1 saturated heterocycles. The first-order valence-electron chi connectivity index (χ1n) is 10.7. The molecule has 9 heteroatoms. The van der Waals surface area contributed by atoms with Crippen LogP contribution in [0.2, 0.25) is 5.02 Å². The van der Waals surface area contributed by atoms with Gasteiger partial charge in [-0.3, -0.25) is 9.36 Å². The number of halogens is 1. The molecule has 1 amide bonds. The summed E-state index contributed by atoms with van der Waals surface area (Å²) in [6, 6.07) is 11.3. The highest BCUT2D eigenvalue weighted by Gasteiger charge is 2.18. The van der Waals surface area contributed by atoms with Crippen LogP contribution in [0.1, 0.15) is 12.5 Å². The van der Waals surface area contributed by atoms with Crippen molar-refractivity contribution in [3.8, 4) is 11.4 Å². The number of benzene rings is 2. The minimum atomic E-state index is -0.263. The first-order valence-corrected chi connectivity index (χ1v) is 11.1. The fourth-order valence-electron chi connectivity index (χ4n) is 3.76. The van der Waals surface area contributed by atoms with E-state index in [0.717, 1.165) is 49.7 Å². The van der Waals surface area contributed by atoms with Gasteiger partial charge in [0.2, 0.25) is 0 Å². The monoisotopic (exact) mass is 454 g/mol. The minimum Gasteiger partial charge on any atom is -0.482 e. The van der Waals surface area contributed by atoms with Crippen molar-refractivity contribution in [2.75, 3.05) is 49.5 Å². The normalized spacial score (nSPS) is 14.4. The number of aryl methyl sites for hydroxylation is 1. The van der Waals surface area contributed by atoms with Crippen molar-refractivity contribution in [1.29, 1.82) is 0 Å². The number of carbonyl (C=O) groups excluding carboxylic acids is 1. The Labute approximate surface area is 192 Å². The van der Waals surface area contributed by atoms with Crippen molar-refractivity contribution in [2.45, 2.75) is 13.8 Å². The number of anilines is 2. The third-order valence-corrected chi connectivity index (χ3v) is 5.86. The molecule has 0 aliphatic carbocycles. The number of nitrogens with zero attached hydrogens (tertiary/aromatic N) is 5. The Bertz CT molecular complexity index is 1060. The molecule has 1 fully saturated rings. The molecule has 4 rings (SSSR count). The van der Waals surface area contributed by atoms with E-state index in [1.165, 1.54) is 0 Å². The van der Waals surface area contributed by atoms with Gasteiger partial charge >= 0.3 is 0 Å². The number of piperazine rings is 1. The first-order chi connectivity index (χ1) is 15.5. The van der Waals surface area contributed by atoms with Gasteiger partial charge in [-0.25, -0.2) is 0 Å². The van der Waals surface area contributed by atoms with Gasteiger partial charge < -0.3 is 19.9 Å². The second-order valence-electron chi connectivity index (χ2n) is 7.76. The molecule has 0 saturated carbocycles. The van der Waals surface area contributed by atoms with E-state index in [2.05, 4.69) is 32.2 Å². The van der Waals surface area contributed by atoms with Gasteiger partial charge in [0.05, 0.1) is 16.4 Å². The van der Waals surface area contributed by atoms with Crippen LogP contribution in [0.3, 0.4) is 0 Å². The number of ether oxygens (including phenoxy) is 1. The molecular weight excluding hydrogens is 428 g/mol. The number of rotatable bonds is 7. The van der Waals surface area contributed by atoms with Crippen molar-refractivity contribution in [2.24, 2.45) is 0 Å². The molecule has 2 aromatic carbocycles. The average Bonchev–Trinajstić information content (AvgIpc) is 3.33. The van der Waals surface area contributed by atoms with Crippen LogP contribution in [-0.2, 0) is 4.79 Å². The summed E-state index contributed by atoms with van der Waals surface area (Å²) in [5, 5.41) is 11.2. The zero-order chi connectivity index (χ0) is 22.5. The lowest BCUT2D eigenvalue weighted by Gasteiger charge is -2.36. The lowest BCUT2D eigenvalue weighted by molar-refractivity contribution is -0.118. The van der Waals surface area contributed by atoms with E-state index >= 15 is 0 Å². The maximum atomic E-state index is 12.5. The smallest absolute Gasteiger partial charge is 0.262 e. The summed E-state index contributed by atoms with van der Waals surface area (Å²) in [6.07, 6.45) is 3.18. The van der Waals surface area contributed by atoms with Crippen LogP contribution in [0.4, 0.5) is 11.4 Å². The van der Waals surface area contributed by atoms with E-state index in [1.54, 1.807) is 23.3 Å². The third-order valence-electron chi connectivity index (χ3n) is 5.56. The number of hydrogen-bond donors (Lipinski definition) is 1. The molecule has 1 aromatic heterocycles. The summed E-state index contributed by atoms with van der Waals surface area (Å²) in [5.41, 5.74) is 3.48. The Morgan fingerprint density at radius 3 is 2.50 bits per heavy atom. The Kier molecular flexibility index (Phi) is 6.92. The molecule has 0 bridgehead atoms. The van der Waals surface area contributed by atoms with E-state index in [-0.39, 0.29) is 12.5 Å². The molecule has 1 aliphatic rings. The second-order valence-corrected chi connectivity index (χ2v) is 8.17. The van der Waals surface area contributed by atoms with Gasteiger partial charge in [0.15, 0.2) is 6.61 Å². The topological polar surface area (TPSA) is 75.5 Å². The molecule has 1 N–H and O–H groups in total. The highest BCUT2D eigenvalue weighted by Crippen LogP contribution is 2.30. The quantitative estimate of drug-likeness (QED) is 0.589. The average molecular weight is 455 g/mol. The zero-order valence-corrected chi connectivity index (χ0v) is 19.0. The number of aromatic nitrogens is 3. The maximum Gasteiger partial charge on any atom is 0.262 e. The van der Waals surface area contributed by atoms with Gasteiger partial charge in [-0.2, -0.15) is 0 Å². The van der Waals surface area contributed by atoms with E-state index in [0.29, 0.717) is 16.5 Å². The summed E-state index contributed by atoms with van der Waals surface area (Å²) in [4.78, 5) is 17.2. The van der Waals surface area contributed by atoms with Crippen LogP contribution < -0.4 is 15.0 Å². The van der Waals surface area contributed by atoms with Crippen LogP contribution in [-0.4, -0.2) is 64.9 Å². The van der Waals surface area contributed by atoms with Crippen molar-refractivity contribution in [1.82, 2.24) is 19.7 Å². The minimum absolute atomic E-state index is 0.128. The highest BCUT2D eigenvalue weighted by atomic mass is 35.5. The van der Waals surface area contributed by atoms with E-state index in [1.807, 2.05) is 37.3 Å². The molecule has 32 heavy (non-hydrogen) atoms. The van der Waals surface area contributed by atoms with Crippen molar-refractivity contribution >= 4 is 28.9 Å². The maximum absolute atomic E-state index is 12.5. The van der Waals surface area contributed by atoms with Gasteiger partial charge in [0.1, 0.15) is 18.4 Å². The highest BCUT2D eigenvalue weighted by molar-refractivity contribution is 6.33. The van der Waals surface area contributed by atoms with E-state index in [4.69, 9.17) is 16.3 Å². The largest absolute Gasteiger partial charge is 0.482 e. The third kappa shape index (κ3) is 5.20. The molecule has 1 aliphatic heterocycles. The molecule has 0 atom stereocenters. The Balaban J connectivity index is 1.37. The van der Waals surface area contributed by atoms with E-state index in [9.17, 15) is 4.79 Å². The number of amides is 1. The predicted octanol–water partition coefficient (Wildman–Crippen LogP) is 3.39. The molecule has 2 heterocycles. The molecule has 3 aromatic rings.